The number of carbonyl (C=O) groups is 1. The fourth-order valence-electron chi connectivity index (χ4n) is 4.36. The highest BCUT2D eigenvalue weighted by atomic mass is 16.5. The number of aromatic nitrogens is 2. The van der Waals surface area contributed by atoms with Crippen LogP contribution in [0.3, 0.4) is 0 Å². The Labute approximate surface area is 172 Å². The first-order valence-electron chi connectivity index (χ1n) is 10.8. The molecule has 2 heterocycles. The number of hydrogen-bond donors (Lipinski definition) is 1. The van der Waals surface area contributed by atoms with Gasteiger partial charge in [0.2, 0.25) is 5.91 Å². The number of aryl methyl sites for hydroxylation is 1. The lowest BCUT2D eigenvalue weighted by Crippen LogP contribution is -2.41. The van der Waals surface area contributed by atoms with Crippen molar-refractivity contribution in [2.24, 2.45) is 5.92 Å². The molecule has 1 unspecified atom stereocenters. The minimum Gasteiger partial charge on any atom is -0.373 e. The van der Waals surface area contributed by atoms with E-state index in [1.807, 2.05) is 0 Å². The van der Waals surface area contributed by atoms with Crippen molar-refractivity contribution in [2.75, 3.05) is 31.1 Å². The lowest BCUT2D eigenvalue weighted by molar-refractivity contribution is -0.125. The van der Waals surface area contributed by atoms with Gasteiger partial charge in [-0.15, -0.1) is 0 Å². The van der Waals surface area contributed by atoms with Crippen LogP contribution in [0.15, 0.2) is 42.9 Å². The molecule has 1 aliphatic carbocycles. The molecule has 4 rings (SSSR count). The summed E-state index contributed by atoms with van der Waals surface area (Å²) in [7, 11) is 0. The third kappa shape index (κ3) is 5.12. The smallest absolute Gasteiger partial charge is 0.223 e. The summed E-state index contributed by atoms with van der Waals surface area (Å²) < 4.78 is 6.13. The number of benzene rings is 1. The lowest BCUT2D eigenvalue weighted by Gasteiger charge is -2.31. The number of carbonyl (C=O) groups excluding carboxylic acids is 1. The van der Waals surface area contributed by atoms with Crippen LogP contribution in [-0.2, 0) is 16.0 Å². The Bertz CT molecular complexity index is 790. The average molecular weight is 395 g/mol. The number of hydrogen-bond acceptors (Lipinski definition) is 5. The highest BCUT2D eigenvalue weighted by molar-refractivity contribution is 5.78. The quantitative estimate of drug-likeness (QED) is 0.730. The van der Waals surface area contributed by atoms with Crippen LogP contribution in [0.5, 0.6) is 0 Å². The van der Waals surface area contributed by atoms with Gasteiger partial charge in [0.15, 0.2) is 0 Å². The van der Waals surface area contributed by atoms with E-state index in [9.17, 15) is 4.79 Å². The van der Waals surface area contributed by atoms with Gasteiger partial charge >= 0.3 is 0 Å². The van der Waals surface area contributed by atoms with Gasteiger partial charge in [-0.3, -0.25) is 9.78 Å². The molecule has 6 nitrogen and oxygen atoms in total. The normalized spacial score (nSPS) is 19.6. The Kier molecular flexibility index (Phi) is 6.72. The number of nitrogens with one attached hydrogen (secondary N) is 1. The van der Waals surface area contributed by atoms with Crippen molar-refractivity contribution in [3.05, 3.63) is 54.0 Å². The van der Waals surface area contributed by atoms with E-state index in [0.717, 1.165) is 51.0 Å². The molecule has 2 aliphatic rings. The van der Waals surface area contributed by atoms with Crippen molar-refractivity contribution in [2.45, 2.75) is 44.6 Å². The van der Waals surface area contributed by atoms with Gasteiger partial charge in [0.25, 0.3) is 0 Å². The summed E-state index contributed by atoms with van der Waals surface area (Å²) in [4.78, 5) is 23.1. The molecule has 1 amide bonds. The molecule has 1 saturated heterocycles. The largest absolute Gasteiger partial charge is 0.373 e. The molecule has 154 valence electrons. The van der Waals surface area contributed by atoms with Crippen LogP contribution in [0.4, 0.5) is 5.82 Å². The Morgan fingerprint density at radius 2 is 2.03 bits per heavy atom. The van der Waals surface area contributed by atoms with E-state index in [2.05, 4.69) is 44.5 Å². The topological polar surface area (TPSA) is 67.3 Å². The molecule has 1 fully saturated rings. The van der Waals surface area contributed by atoms with Crippen molar-refractivity contribution < 1.29 is 9.53 Å². The Hall–Kier alpha value is -2.47. The third-order valence-corrected chi connectivity index (χ3v) is 5.99. The molecule has 0 saturated carbocycles. The summed E-state index contributed by atoms with van der Waals surface area (Å²) in [6.07, 6.45) is 11.4. The first-order valence-corrected chi connectivity index (χ1v) is 10.8. The minimum atomic E-state index is 0.0917. The summed E-state index contributed by atoms with van der Waals surface area (Å²) in [5.41, 5.74) is 2.77. The molecule has 2 aromatic rings. The fourth-order valence-corrected chi connectivity index (χ4v) is 4.36. The maximum Gasteiger partial charge on any atom is 0.223 e. The standard InChI is InChI=1S/C23H30N4O2/c28-23(19-9-14-27(15-10-19)22-17-24-12-13-25-22)26-11-4-16-29-21-8-3-6-18-5-1-2-7-20(18)21/h1-2,5,7,12-13,17,19,21H,3-4,6,8-11,14-16H2,(H,26,28). The summed E-state index contributed by atoms with van der Waals surface area (Å²) in [6, 6.07) is 8.60. The molecule has 0 spiro atoms. The second-order valence-electron chi connectivity index (χ2n) is 7.92. The highest BCUT2D eigenvalue weighted by Gasteiger charge is 2.25. The Balaban J connectivity index is 1.14. The number of rotatable bonds is 7. The molecule has 1 N–H and O–H groups in total. The number of ether oxygens (including phenoxy) is 1. The van der Waals surface area contributed by atoms with Gasteiger partial charge in [0.05, 0.1) is 12.3 Å². The highest BCUT2D eigenvalue weighted by Crippen LogP contribution is 2.32. The van der Waals surface area contributed by atoms with Gasteiger partial charge in [-0.05, 0) is 49.7 Å². The summed E-state index contributed by atoms with van der Waals surface area (Å²) in [6.45, 7) is 3.06. The van der Waals surface area contributed by atoms with Gasteiger partial charge in [-0.1, -0.05) is 24.3 Å². The SMILES string of the molecule is O=C(NCCCOC1CCCc2ccccc21)C1CCN(c2cnccn2)CC1. The van der Waals surface area contributed by atoms with E-state index in [0.29, 0.717) is 13.2 Å². The zero-order chi connectivity index (χ0) is 19.9. The van der Waals surface area contributed by atoms with Crippen LogP contribution in [-0.4, -0.2) is 42.1 Å². The van der Waals surface area contributed by atoms with Gasteiger partial charge in [0.1, 0.15) is 5.82 Å². The first-order chi connectivity index (χ1) is 14.3. The molecule has 0 radical (unpaired) electrons. The van der Waals surface area contributed by atoms with E-state index >= 15 is 0 Å². The van der Waals surface area contributed by atoms with E-state index in [4.69, 9.17) is 4.74 Å². The lowest BCUT2D eigenvalue weighted by atomic mass is 9.89. The predicted molar refractivity (Wildman–Crippen MR) is 113 cm³/mol. The maximum absolute atomic E-state index is 12.5. The minimum absolute atomic E-state index is 0.0917. The molecular weight excluding hydrogens is 364 g/mol. The second-order valence-corrected chi connectivity index (χ2v) is 7.92. The molecule has 1 atom stereocenters. The van der Waals surface area contributed by atoms with Crippen molar-refractivity contribution >= 4 is 11.7 Å². The van der Waals surface area contributed by atoms with Crippen LogP contribution in [0.25, 0.3) is 0 Å². The summed E-state index contributed by atoms with van der Waals surface area (Å²) in [5, 5.41) is 3.10. The Morgan fingerprint density at radius 1 is 1.17 bits per heavy atom. The van der Waals surface area contributed by atoms with Crippen LogP contribution < -0.4 is 10.2 Å². The molecule has 0 bridgehead atoms. The first kappa shape index (κ1) is 19.8. The van der Waals surface area contributed by atoms with E-state index in [1.54, 1.807) is 18.6 Å². The molecule has 1 aliphatic heterocycles. The van der Waals surface area contributed by atoms with Gasteiger partial charge in [0, 0.05) is 44.6 Å². The van der Waals surface area contributed by atoms with E-state index < -0.39 is 0 Å². The van der Waals surface area contributed by atoms with Crippen LogP contribution in [0.1, 0.15) is 49.3 Å². The van der Waals surface area contributed by atoms with Crippen molar-refractivity contribution in [3.63, 3.8) is 0 Å². The predicted octanol–water partition coefficient (Wildman–Crippen LogP) is 3.29. The fraction of sp³-hybridized carbons (Fsp3) is 0.522. The van der Waals surface area contributed by atoms with E-state index in [1.165, 1.54) is 17.5 Å². The van der Waals surface area contributed by atoms with Gasteiger partial charge < -0.3 is 15.0 Å². The number of piperidine rings is 1. The zero-order valence-corrected chi connectivity index (χ0v) is 16.9. The molecule has 1 aromatic heterocycles. The Morgan fingerprint density at radius 3 is 2.86 bits per heavy atom. The second kappa shape index (κ2) is 9.83. The molecular formula is C23H30N4O2. The maximum atomic E-state index is 12.5. The van der Waals surface area contributed by atoms with Crippen LogP contribution >= 0.6 is 0 Å². The van der Waals surface area contributed by atoms with Gasteiger partial charge in [-0.2, -0.15) is 0 Å². The average Bonchev–Trinajstić information content (AvgIpc) is 2.79. The molecule has 6 heteroatoms. The van der Waals surface area contributed by atoms with E-state index in [-0.39, 0.29) is 17.9 Å². The number of nitrogens with zero attached hydrogens (tertiary/aromatic N) is 3. The van der Waals surface area contributed by atoms with Crippen LogP contribution in [0.2, 0.25) is 0 Å². The van der Waals surface area contributed by atoms with Crippen LogP contribution in [0, 0.1) is 5.92 Å². The van der Waals surface area contributed by atoms with Crippen molar-refractivity contribution in [1.82, 2.24) is 15.3 Å². The summed E-state index contributed by atoms with van der Waals surface area (Å²) in [5.74, 6) is 1.16. The molecule has 1 aromatic carbocycles. The number of anilines is 1. The number of fused-ring (bicyclic) bond motifs is 1. The summed E-state index contributed by atoms with van der Waals surface area (Å²) >= 11 is 0. The molecule has 29 heavy (non-hydrogen) atoms. The monoisotopic (exact) mass is 394 g/mol. The third-order valence-electron chi connectivity index (χ3n) is 5.99. The van der Waals surface area contributed by atoms with Crippen molar-refractivity contribution in [3.8, 4) is 0 Å². The number of amides is 1. The van der Waals surface area contributed by atoms with Crippen molar-refractivity contribution in [1.29, 1.82) is 0 Å². The van der Waals surface area contributed by atoms with Gasteiger partial charge in [-0.25, -0.2) is 4.98 Å². The zero-order valence-electron chi connectivity index (χ0n) is 16.9.